The van der Waals surface area contributed by atoms with Crippen LogP contribution < -0.4 is 5.63 Å². The van der Waals surface area contributed by atoms with Gasteiger partial charge in [-0.3, -0.25) is 4.90 Å². The number of para-hydroxylation sites is 1. The zero-order chi connectivity index (χ0) is 18.2. The quantitative estimate of drug-likeness (QED) is 0.524. The molecule has 6 nitrogen and oxygen atoms in total. The molecule has 27 heavy (non-hydrogen) atoms. The van der Waals surface area contributed by atoms with E-state index in [1.165, 1.54) is 5.56 Å². The Labute approximate surface area is 156 Å². The summed E-state index contributed by atoms with van der Waals surface area (Å²) in [6.07, 6.45) is 1.97. The number of rotatable bonds is 3. The van der Waals surface area contributed by atoms with Crippen LogP contribution in [0.4, 0.5) is 0 Å². The van der Waals surface area contributed by atoms with Crippen LogP contribution in [0.3, 0.4) is 0 Å². The fraction of sp³-hybridized carbons (Fsp3) is 0.286. The van der Waals surface area contributed by atoms with Crippen LogP contribution in [-0.4, -0.2) is 33.0 Å². The van der Waals surface area contributed by atoms with E-state index in [1.807, 2.05) is 35.0 Å². The van der Waals surface area contributed by atoms with Gasteiger partial charge in [-0.25, -0.2) is 9.48 Å². The van der Waals surface area contributed by atoms with E-state index in [9.17, 15) is 4.79 Å². The first-order chi connectivity index (χ1) is 13.3. The van der Waals surface area contributed by atoms with Crippen molar-refractivity contribution in [3.8, 4) is 0 Å². The standard InChI is InChI=1S/C21H20N4O2/c26-21-19-20(17-8-4-5-9-18(17)27-21)25(23-22-19)16-10-12-24(13-11-16)14-15-6-2-1-3-7-15/h1-9,16H,10-14H2. The highest BCUT2D eigenvalue weighted by Crippen LogP contribution is 2.29. The van der Waals surface area contributed by atoms with E-state index in [0.717, 1.165) is 43.4 Å². The van der Waals surface area contributed by atoms with E-state index in [4.69, 9.17) is 4.42 Å². The van der Waals surface area contributed by atoms with Gasteiger partial charge in [0.25, 0.3) is 0 Å². The molecule has 6 heteroatoms. The van der Waals surface area contributed by atoms with Gasteiger partial charge in [-0.2, -0.15) is 0 Å². The molecule has 4 aromatic rings. The summed E-state index contributed by atoms with van der Waals surface area (Å²) in [4.78, 5) is 14.7. The van der Waals surface area contributed by atoms with Crippen LogP contribution in [0, 0.1) is 0 Å². The molecule has 1 saturated heterocycles. The van der Waals surface area contributed by atoms with Crippen molar-refractivity contribution in [2.45, 2.75) is 25.4 Å². The van der Waals surface area contributed by atoms with Gasteiger partial charge in [0, 0.05) is 25.0 Å². The summed E-state index contributed by atoms with van der Waals surface area (Å²) >= 11 is 0. The number of benzene rings is 2. The molecule has 136 valence electrons. The first-order valence-corrected chi connectivity index (χ1v) is 9.32. The van der Waals surface area contributed by atoms with Crippen LogP contribution in [0.5, 0.6) is 0 Å². The molecule has 1 fully saturated rings. The van der Waals surface area contributed by atoms with Crippen molar-refractivity contribution in [3.63, 3.8) is 0 Å². The van der Waals surface area contributed by atoms with Crippen LogP contribution >= 0.6 is 0 Å². The predicted molar refractivity (Wildman–Crippen MR) is 104 cm³/mol. The summed E-state index contributed by atoms with van der Waals surface area (Å²) < 4.78 is 7.32. The predicted octanol–water partition coefficient (Wildman–Crippen LogP) is 3.37. The normalized spacial score (nSPS) is 16.3. The van der Waals surface area contributed by atoms with Crippen molar-refractivity contribution in [2.75, 3.05) is 13.1 Å². The average Bonchev–Trinajstić information content (AvgIpc) is 3.16. The second-order valence-electron chi connectivity index (χ2n) is 7.11. The van der Waals surface area contributed by atoms with Gasteiger partial charge in [-0.15, -0.1) is 5.10 Å². The largest absolute Gasteiger partial charge is 0.421 e. The van der Waals surface area contributed by atoms with E-state index < -0.39 is 5.63 Å². The summed E-state index contributed by atoms with van der Waals surface area (Å²) in [5, 5.41) is 9.34. The molecule has 0 N–H and O–H groups in total. The van der Waals surface area contributed by atoms with E-state index in [1.54, 1.807) is 0 Å². The van der Waals surface area contributed by atoms with Gasteiger partial charge >= 0.3 is 5.63 Å². The van der Waals surface area contributed by atoms with Gasteiger partial charge in [0.1, 0.15) is 11.1 Å². The fourth-order valence-electron chi connectivity index (χ4n) is 4.00. The van der Waals surface area contributed by atoms with Gasteiger partial charge in [0.2, 0.25) is 0 Å². The van der Waals surface area contributed by atoms with E-state index in [0.29, 0.717) is 11.1 Å². The third-order valence-electron chi connectivity index (χ3n) is 5.38. The Hall–Kier alpha value is -2.99. The zero-order valence-electron chi connectivity index (χ0n) is 14.9. The minimum Gasteiger partial charge on any atom is -0.421 e. The Balaban J connectivity index is 1.43. The lowest BCUT2D eigenvalue weighted by Gasteiger charge is -2.32. The SMILES string of the molecule is O=c1oc2ccccc2c2c1nnn2C1CCN(Cc2ccccc2)CC1. The second kappa shape index (κ2) is 6.63. The lowest BCUT2D eigenvalue weighted by molar-refractivity contribution is 0.174. The average molecular weight is 360 g/mol. The van der Waals surface area contributed by atoms with Crippen molar-refractivity contribution in [1.29, 1.82) is 0 Å². The van der Waals surface area contributed by atoms with Crippen molar-refractivity contribution >= 4 is 22.0 Å². The topological polar surface area (TPSA) is 64.2 Å². The zero-order valence-corrected chi connectivity index (χ0v) is 14.9. The molecular formula is C21H20N4O2. The number of likely N-dealkylation sites (tertiary alicyclic amines) is 1. The lowest BCUT2D eigenvalue weighted by atomic mass is 10.0. The molecule has 0 amide bonds. The first-order valence-electron chi connectivity index (χ1n) is 9.32. The molecule has 1 aliphatic rings. The fourth-order valence-corrected chi connectivity index (χ4v) is 4.00. The highest BCUT2D eigenvalue weighted by molar-refractivity contribution is 6.00. The number of aromatic nitrogens is 3. The molecule has 0 radical (unpaired) electrons. The third-order valence-corrected chi connectivity index (χ3v) is 5.38. The van der Waals surface area contributed by atoms with Crippen LogP contribution in [0.1, 0.15) is 24.4 Å². The van der Waals surface area contributed by atoms with E-state index in [2.05, 4.69) is 39.5 Å². The van der Waals surface area contributed by atoms with Crippen LogP contribution in [0.15, 0.2) is 63.8 Å². The summed E-state index contributed by atoms with van der Waals surface area (Å²) in [7, 11) is 0. The van der Waals surface area contributed by atoms with Crippen LogP contribution in [-0.2, 0) is 6.54 Å². The minimum atomic E-state index is -0.420. The van der Waals surface area contributed by atoms with Crippen LogP contribution in [0.2, 0.25) is 0 Å². The molecule has 0 unspecified atom stereocenters. The molecule has 0 spiro atoms. The number of nitrogens with zero attached hydrogens (tertiary/aromatic N) is 4. The summed E-state index contributed by atoms with van der Waals surface area (Å²) in [6.45, 7) is 2.97. The second-order valence-corrected chi connectivity index (χ2v) is 7.11. The summed E-state index contributed by atoms with van der Waals surface area (Å²) in [6, 6.07) is 18.4. The Morgan fingerprint density at radius 2 is 1.74 bits per heavy atom. The molecule has 3 heterocycles. The first kappa shape index (κ1) is 16.2. The minimum absolute atomic E-state index is 0.243. The number of piperidine rings is 1. The van der Waals surface area contributed by atoms with Gasteiger partial charge in [-0.05, 0) is 30.5 Å². The van der Waals surface area contributed by atoms with Crippen molar-refractivity contribution in [3.05, 3.63) is 70.6 Å². The van der Waals surface area contributed by atoms with Crippen molar-refractivity contribution in [2.24, 2.45) is 0 Å². The highest BCUT2D eigenvalue weighted by Gasteiger charge is 2.25. The maximum absolute atomic E-state index is 12.3. The van der Waals surface area contributed by atoms with E-state index in [-0.39, 0.29) is 6.04 Å². The number of hydrogen-bond acceptors (Lipinski definition) is 5. The maximum atomic E-state index is 12.3. The summed E-state index contributed by atoms with van der Waals surface area (Å²) in [5.41, 5.74) is 2.62. The van der Waals surface area contributed by atoms with E-state index >= 15 is 0 Å². The highest BCUT2D eigenvalue weighted by atomic mass is 16.4. The lowest BCUT2D eigenvalue weighted by Crippen LogP contribution is -2.34. The van der Waals surface area contributed by atoms with Gasteiger partial charge in [-0.1, -0.05) is 47.7 Å². The monoisotopic (exact) mass is 360 g/mol. The maximum Gasteiger partial charge on any atom is 0.366 e. The van der Waals surface area contributed by atoms with Crippen molar-refractivity contribution in [1.82, 2.24) is 19.9 Å². The molecule has 0 atom stereocenters. The molecule has 2 aromatic heterocycles. The number of fused-ring (bicyclic) bond motifs is 3. The molecule has 0 bridgehead atoms. The van der Waals surface area contributed by atoms with Crippen molar-refractivity contribution < 1.29 is 4.42 Å². The molecule has 0 saturated carbocycles. The Morgan fingerprint density at radius 3 is 2.56 bits per heavy atom. The van der Waals surface area contributed by atoms with Gasteiger partial charge in [0.05, 0.1) is 6.04 Å². The Morgan fingerprint density at radius 1 is 1.00 bits per heavy atom. The summed E-state index contributed by atoms with van der Waals surface area (Å²) in [5.74, 6) is 0. The molecule has 1 aliphatic heterocycles. The molecular weight excluding hydrogens is 340 g/mol. The van der Waals surface area contributed by atoms with Gasteiger partial charge < -0.3 is 4.42 Å². The molecule has 2 aromatic carbocycles. The molecule has 5 rings (SSSR count). The third kappa shape index (κ3) is 2.92. The molecule has 0 aliphatic carbocycles. The Kier molecular flexibility index (Phi) is 3.98. The smallest absolute Gasteiger partial charge is 0.366 e. The Bertz CT molecular complexity index is 1140. The van der Waals surface area contributed by atoms with Gasteiger partial charge in [0.15, 0.2) is 5.52 Å². The number of hydrogen-bond donors (Lipinski definition) is 0. The van der Waals surface area contributed by atoms with Crippen LogP contribution in [0.25, 0.3) is 22.0 Å².